The molecule has 0 unspecified atom stereocenters. The Morgan fingerprint density at radius 3 is 2.57 bits per heavy atom. The number of nitrogens with zero attached hydrogens (tertiary/aromatic N) is 1. The van der Waals surface area contributed by atoms with Gasteiger partial charge in [-0.25, -0.2) is 9.78 Å². The van der Waals surface area contributed by atoms with Crippen molar-refractivity contribution in [3.63, 3.8) is 0 Å². The van der Waals surface area contributed by atoms with Gasteiger partial charge in [-0.05, 0) is 59.3 Å². The molecule has 1 aromatic heterocycles. The second-order valence-corrected chi connectivity index (χ2v) is 7.69. The van der Waals surface area contributed by atoms with Gasteiger partial charge in [0.1, 0.15) is 12.4 Å². The summed E-state index contributed by atoms with van der Waals surface area (Å²) < 4.78 is 11.4. The van der Waals surface area contributed by atoms with Crippen LogP contribution in [0.4, 0.5) is 5.69 Å². The molecule has 0 aliphatic rings. The third-order valence-electron chi connectivity index (χ3n) is 3.63. The average Bonchev–Trinajstić information content (AvgIpc) is 3.12. The van der Waals surface area contributed by atoms with Gasteiger partial charge in [0.2, 0.25) is 0 Å². The number of halogens is 1. The maximum Gasteiger partial charge on any atom is 0.338 e. The van der Waals surface area contributed by atoms with Crippen molar-refractivity contribution in [2.45, 2.75) is 13.5 Å². The number of benzene rings is 2. The van der Waals surface area contributed by atoms with Crippen molar-refractivity contribution in [1.29, 1.82) is 0 Å². The number of rotatable bonds is 7. The number of thiazole rings is 1. The Morgan fingerprint density at radius 1 is 1.14 bits per heavy atom. The molecular formula is C20H17BrN2O4S. The van der Waals surface area contributed by atoms with Gasteiger partial charge in [0.25, 0.3) is 5.91 Å². The first-order chi connectivity index (χ1) is 13.5. The Bertz CT molecular complexity index is 972. The molecule has 6 nitrogen and oxygen atoms in total. The molecule has 8 heteroatoms. The quantitative estimate of drug-likeness (QED) is 0.521. The van der Waals surface area contributed by atoms with E-state index >= 15 is 0 Å². The third-order valence-corrected chi connectivity index (χ3v) is 5.14. The summed E-state index contributed by atoms with van der Waals surface area (Å²) in [6.07, 6.45) is 0. The second-order valence-electron chi connectivity index (χ2n) is 5.78. The highest BCUT2D eigenvalue weighted by molar-refractivity contribution is 9.10. The molecular weight excluding hydrogens is 444 g/mol. The maximum atomic E-state index is 12.1. The molecule has 0 fully saturated rings. The number of hydrogen-bond donors (Lipinski definition) is 1. The Balaban J connectivity index is 1.47. The minimum Gasteiger partial charge on any atom is -0.487 e. The number of amides is 1. The van der Waals surface area contributed by atoms with E-state index < -0.39 is 11.9 Å². The number of carbonyl (C=O) groups excluding carboxylic acids is 2. The number of anilines is 1. The summed E-state index contributed by atoms with van der Waals surface area (Å²) in [6.45, 7) is 1.93. The summed E-state index contributed by atoms with van der Waals surface area (Å²) >= 11 is 4.91. The molecule has 1 N–H and O–H groups in total. The highest BCUT2D eigenvalue weighted by Crippen LogP contribution is 2.21. The number of hydrogen-bond acceptors (Lipinski definition) is 6. The van der Waals surface area contributed by atoms with E-state index in [0.29, 0.717) is 23.6 Å². The number of esters is 1. The van der Waals surface area contributed by atoms with Crippen molar-refractivity contribution < 1.29 is 19.1 Å². The van der Waals surface area contributed by atoms with E-state index in [0.717, 1.165) is 15.2 Å². The minimum absolute atomic E-state index is 0.338. The monoisotopic (exact) mass is 460 g/mol. The predicted octanol–water partition coefficient (Wildman–Crippen LogP) is 4.59. The number of para-hydroxylation sites is 1. The summed E-state index contributed by atoms with van der Waals surface area (Å²) in [4.78, 5) is 28.4. The summed E-state index contributed by atoms with van der Waals surface area (Å²) in [7, 11) is 0. The van der Waals surface area contributed by atoms with Crippen molar-refractivity contribution in [3.05, 3.63) is 74.6 Å². The molecule has 0 aliphatic heterocycles. The van der Waals surface area contributed by atoms with Gasteiger partial charge in [-0.1, -0.05) is 12.1 Å². The van der Waals surface area contributed by atoms with E-state index in [9.17, 15) is 9.59 Å². The topological polar surface area (TPSA) is 77.5 Å². The zero-order chi connectivity index (χ0) is 19.9. The summed E-state index contributed by atoms with van der Waals surface area (Å²) in [5, 5.41) is 5.60. The van der Waals surface area contributed by atoms with Crippen molar-refractivity contribution in [3.8, 4) is 5.75 Å². The van der Waals surface area contributed by atoms with Crippen LogP contribution in [0.1, 0.15) is 21.1 Å². The molecule has 144 valence electrons. The fraction of sp³-hybridized carbons (Fsp3) is 0.150. The Hall–Kier alpha value is -2.71. The van der Waals surface area contributed by atoms with Gasteiger partial charge in [-0.15, -0.1) is 11.3 Å². The van der Waals surface area contributed by atoms with Crippen molar-refractivity contribution >= 4 is 44.8 Å². The lowest BCUT2D eigenvalue weighted by atomic mass is 10.2. The van der Waals surface area contributed by atoms with Crippen LogP contribution in [0.3, 0.4) is 0 Å². The fourth-order valence-electron chi connectivity index (χ4n) is 2.28. The zero-order valence-electron chi connectivity index (χ0n) is 15.0. The van der Waals surface area contributed by atoms with Crippen molar-refractivity contribution in [2.24, 2.45) is 0 Å². The number of aromatic nitrogens is 1. The molecule has 0 atom stereocenters. The highest BCUT2D eigenvalue weighted by Gasteiger charge is 2.11. The standard InChI is InChI=1S/C20H17BrN2O4S/c1-13-22-15(12-28-13)10-26-16-8-6-14(7-9-16)20(25)27-11-19(24)23-18-5-3-2-4-17(18)21/h2-9,12H,10-11H2,1H3,(H,23,24). The van der Waals surface area contributed by atoms with Gasteiger partial charge in [0, 0.05) is 9.85 Å². The van der Waals surface area contributed by atoms with Crippen LogP contribution in [-0.2, 0) is 16.1 Å². The first kappa shape index (κ1) is 20.0. The van der Waals surface area contributed by atoms with Crippen LogP contribution >= 0.6 is 27.3 Å². The lowest BCUT2D eigenvalue weighted by Gasteiger charge is -2.08. The minimum atomic E-state index is -0.580. The zero-order valence-corrected chi connectivity index (χ0v) is 17.4. The van der Waals surface area contributed by atoms with E-state index in [-0.39, 0.29) is 6.61 Å². The molecule has 28 heavy (non-hydrogen) atoms. The molecule has 0 spiro atoms. The van der Waals surface area contributed by atoms with E-state index in [1.807, 2.05) is 18.4 Å². The lowest BCUT2D eigenvalue weighted by Crippen LogP contribution is -2.21. The SMILES string of the molecule is Cc1nc(COc2ccc(C(=O)OCC(=O)Nc3ccccc3Br)cc2)cs1. The molecule has 1 heterocycles. The summed E-state index contributed by atoms with van der Waals surface area (Å²) in [6, 6.07) is 13.7. The summed E-state index contributed by atoms with van der Waals surface area (Å²) in [5.74, 6) is -0.378. The van der Waals surface area contributed by atoms with Gasteiger partial charge in [-0.3, -0.25) is 4.79 Å². The number of nitrogens with one attached hydrogen (secondary N) is 1. The number of ether oxygens (including phenoxy) is 2. The van der Waals surface area contributed by atoms with Gasteiger partial charge in [-0.2, -0.15) is 0 Å². The first-order valence-electron chi connectivity index (χ1n) is 8.36. The van der Waals surface area contributed by atoms with Crippen LogP contribution in [0.2, 0.25) is 0 Å². The molecule has 0 saturated heterocycles. The predicted molar refractivity (Wildman–Crippen MR) is 111 cm³/mol. The van der Waals surface area contributed by atoms with Crippen LogP contribution in [0.5, 0.6) is 5.75 Å². The Kier molecular flexibility index (Phi) is 6.78. The Labute approximate surface area is 174 Å². The molecule has 0 radical (unpaired) electrons. The normalized spacial score (nSPS) is 10.4. The lowest BCUT2D eigenvalue weighted by molar-refractivity contribution is -0.119. The van der Waals surface area contributed by atoms with Gasteiger partial charge in [0.15, 0.2) is 6.61 Å². The number of carbonyl (C=O) groups is 2. The van der Waals surface area contributed by atoms with Crippen LogP contribution in [0.15, 0.2) is 58.4 Å². The molecule has 3 rings (SSSR count). The largest absolute Gasteiger partial charge is 0.487 e. The van der Waals surface area contributed by atoms with Gasteiger partial charge in [0.05, 0.1) is 22.0 Å². The van der Waals surface area contributed by atoms with Crippen LogP contribution in [0, 0.1) is 6.92 Å². The highest BCUT2D eigenvalue weighted by atomic mass is 79.9. The van der Waals surface area contributed by atoms with E-state index in [1.165, 1.54) is 0 Å². The van der Waals surface area contributed by atoms with Crippen LogP contribution in [-0.4, -0.2) is 23.5 Å². The van der Waals surface area contributed by atoms with Gasteiger partial charge >= 0.3 is 5.97 Å². The second kappa shape index (κ2) is 9.48. The van der Waals surface area contributed by atoms with Crippen LogP contribution < -0.4 is 10.1 Å². The molecule has 1 amide bonds. The van der Waals surface area contributed by atoms with Crippen molar-refractivity contribution in [2.75, 3.05) is 11.9 Å². The van der Waals surface area contributed by atoms with E-state index in [2.05, 4.69) is 26.2 Å². The average molecular weight is 461 g/mol. The van der Waals surface area contributed by atoms with Crippen LogP contribution in [0.25, 0.3) is 0 Å². The molecule has 0 bridgehead atoms. The van der Waals surface area contributed by atoms with E-state index in [1.54, 1.807) is 53.8 Å². The van der Waals surface area contributed by atoms with Gasteiger partial charge < -0.3 is 14.8 Å². The molecule has 0 aliphatic carbocycles. The fourth-order valence-corrected chi connectivity index (χ4v) is 3.26. The smallest absolute Gasteiger partial charge is 0.338 e. The number of aryl methyl sites for hydroxylation is 1. The Morgan fingerprint density at radius 2 is 1.89 bits per heavy atom. The molecule has 3 aromatic rings. The first-order valence-corrected chi connectivity index (χ1v) is 10.0. The summed E-state index contributed by atoms with van der Waals surface area (Å²) in [5.41, 5.74) is 1.81. The molecule has 0 saturated carbocycles. The van der Waals surface area contributed by atoms with Crippen molar-refractivity contribution in [1.82, 2.24) is 4.98 Å². The third kappa shape index (κ3) is 5.64. The molecule has 2 aromatic carbocycles. The van der Waals surface area contributed by atoms with E-state index in [4.69, 9.17) is 9.47 Å². The maximum absolute atomic E-state index is 12.1.